The third kappa shape index (κ3) is 5.96. The quantitative estimate of drug-likeness (QED) is 0.716. The molecule has 118 valence electrons. The first kappa shape index (κ1) is 16.8. The van der Waals surface area contributed by atoms with Gasteiger partial charge < -0.3 is 5.32 Å². The molecule has 1 N–H and O–H groups in total. The summed E-state index contributed by atoms with van der Waals surface area (Å²) in [6, 6.07) is 2.61. The van der Waals surface area contributed by atoms with Crippen molar-refractivity contribution in [2.45, 2.75) is 70.8 Å². The molecule has 1 aliphatic carbocycles. The Morgan fingerprint density at radius 3 is 2.71 bits per heavy atom. The van der Waals surface area contributed by atoms with E-state index in [1.807, 2.05) is 6.20 Å². The zero-order chi connectivity index (χ0) is 14.9. The SMILES string of the molecule is CCCNC(Cc1ccncc1Cl)CC1CCCCCC1. The fourth-order valence-electron chi connectivity index (χ4n) is 3.42. The summed E-state index contributed by atoms with van der Waals surface area (Å²) in [5.74, 6) is 0.891. The van der Waals surface area contributed by atoms with Gasteiger partial charge in [0.05, 0.1) is 5.02 Å². The molecule has 2 rings (SSSR count). The van der Waals surface area contributed by atoms with Gasteiger partial charge in [0.1, 0.15) is 0 Å². The third-order valence-corrected chi connectivity index (χ3v) is 4.94. The van der Waals surface area contributed by atoms with Crippen LogP contribution in [0, 0.1) is 5.92 Å². The molecule has 1 saturated carbocycles. The normalized spacial score (nSPS) is 18.4. The lowest BCUT2D eigenvalue weighted by Gasteiger charge is -2.24. The number of rotatable bonds is 7. The van der Waals surface area contributed by atoms with Crippen molar-refractivity contribution >= 4 is 11.6 Å². The van der Waals surface area contributed by atoms with Crippen LogP contribution in [0.4, 0.5) is 0 Å². The van der Waals surface area contributed by atoms with E-state index in [-0.39, 0.29) is 0 Å². The lowest BCUT2D eigenvalue weighted by molar-refractivity contribution is 0.349. The van der Waals surface area contributed by atoms with E-state index >= 15 is 0 Å². The predicted octanol–water partition coefficient (Wildman–Crippen LogP) is 5.01. The first-order chi connectivity index (χ1) is 10.3. The number of hydrogen-bond donors (Lipinski definition) is 1. The van der Waals surface area contributed by atoms with Crippen LogP contribution >= 0.6 is 11.6 Å². The Bertz CT molecular complexity index is 400. The Hall–Kier alpha value is -0.600. The van der Waals surface area contributed by atoms with Crippen LogP contribution in [0.5, 0.6) is 0 Å². The fraction of sp³-hybridized carbons (Fsp3) is 0.722. The number of hydrogen-bond acceptors (Lipinski definition) is 2. The molecule has 1 aromatic heterocycles. The van der Waals surface area contributed by atoms with Gasteiger partial charge in [-0.1, -0.05) is 57.0 Å². The maximum atomic E-state index is 6.28. The highest BCUT2D eigenvalue weighted by Crippen LogP contribution is 2.28. The molecule has 0 aromatic carbocycles. The van der Waals surface area contributed by atoms with Gasteiger partial charge in [-0.2, -0.15) is 0 Å². The zero-order valence-electron chi connectivity index (χ0n) is 13.3. The van der Waals surface area contributed by atoms with Crippen LogP contribution in [0.25, 0.3) is 0 Å². The van der Waals surface area contributed by atoms with Crippen molar-refractivity contribution in [1.82, 2.24) is 10.3 Å². The predicted molar refractivity (Wildman–Crippen MR) is 90.8 cm³/mol. The van der Waals surface area contributed by atoms with Crippen molar-refractivity contribution in [2.75, 3.05) is 6.54 Å². The van der Waals surface area contributed by atoms with E-state index in [4.69, 9.17) is 11.6 Å². The molecule has 0 aliphatic heterocycles. The molecule has 2 nitrogen and oxygen atoms in total. The Labute approximate surface area is 134 Å². The first-order valence-electron chi connectivity index (χ1n) is 8.61. The summed E-state index contributed by atoms with van der Waals surface area (Å²) in [4.78, 5) is 4.09. The topological polar surface area (TPSA) is 24.9 Å². The number of halogens is 1. The van der Waals surface area contributed by atoms with Gasteiger partial charge in [-0.3, -0.25) is 4.98 Å². The van der Waals surface area contributed by atoms with Crippen LogP contribution in [0.1, 0.15) is 63.9 Å². The molecule has 1 fully saturated rings. The largest absolute Gasteiger partial charge is 0.314 e. The molecule has 0 radical (unpaired) electrons. The molecular weight excluding hydrogens is 280 g/mol. The smallest absolute Gasteiger partial charge is 0.0621 e. The number of nitrogens with zero attached hydrogens (tertiary/aromatic N) is 1. The van der Waals surface area contributed by atoms with Crippen molar-refractivity contribution in [1.29, 1.82) is 0 Å². The molecule has 1 heterocycles. The summed E-state index contributed by atoms with van der Waals surface area (Å²) in [5, 5.41) is 4.54. The summed E-state index contributed by atoms with van der Waals surface area (Å²) in [7, 11) is 0. The van der Waals surface area contributed by atoms with E-state index < -0.39 is 0 Å². The summed E-state index contributed by atoms with van der Waals surface area (Å²) in [6.07, 6.45) is 15.6. The molecule has 21 heavy (non-hydrogen) atoms. The maximum Gasteiger partial charge on any atom is 0.0621 e. The van der Waals surface area contributed by atoms with Crippen molar-refractivity contribution in [2.24, 2.45) is 5.92 Å². The van der Waals surface area contributed by atoms with Crippen LogP contribution in [0.15, 0.2) is 18.5 Å². The van der Waals surface area contributed by atoms with Crippen LogP contribution < -0.4 is 5.32 Å². The highest BCUT2D eigenvalue weighted by molar-refractivity contribution is 6.31. The van der Waals surface area contributed by atoms with Gasteiger partial charge in [-0.15, -0.1) is 0 Å². The van der Waals surface area contributed by atoms with Gasteiger partial charge in [0.2, 0.25) is 0 Å². The average molecular weight is 309 g/mol. The van der Waals surface area contributed by atoms with Crippen molar-refractivity contribution in [3.05, 3.63) is 29.0 Å². The Balaban J connectivity index is 1.94. The molecule has 1 unspecified atom stereocenters. The molecule has 1 aliphatic rings. The highest BCUT2D eigenvalue weighted by atomic mass is 35.5. The second-order valence-corrected chi connectivity index (χ2v) is 6.82. The standard InChI is InChI=1S/C18H29ClN2/c1-2-10-21-17(12-15-7-5-3-4-6-8-15)13-16-9-11-20-14-18(16)19/h9,11,14-15,17,21H,2-8,10,12-13H2,1H3. The van der Waals surface area contributed by atoms with Crippen LogP contribution in [0.3, 0.4) is 0 Å². The summed E-state index contributed by atoms with van der Waals surface area (Å²) < 4.78 is 0. The van der Waals surface area contributed by atoms with Crippen LogP contribution in [-0.2, 0) is 6.42 Å². The summed E-state index contributed by atoms with van der Waals surface area (Å²) in [6.45, 7) is 3.33. The monoisotopic (exact) mass is 308 g/mol. The van der Waals surface area contributed by atoms with Crippen molar-refractivity contribution < 1.29 is 0 Å². The molecule has 0 saturated heterocycles. The van der Waals surface area contributed by atoms with Crippen molar-refractivity contribution in [3.63, 3.8) is 0 Å². The second-order valence-electron chi connectivity index (χ2n) is 6.42. The van der Waals surface area contributed by atoms with Gasteiger partial charge in [0.15, 0.2) is 0 Å². The minimum Gasteiger partial charge on any atom is -0.314 e. The average Bonchev–Trinajstić information content (AvgIpc) is 2.75. The molecule has 0 bridgehead atoms. The number of aromatic nitrogens is 1. The Morgan fingerprint density at radius 1 is 1.29 bits per heavy atom. The summed E-state index contributed by atoms with van der Waals surface area (Å²) in [5.41, 5.74) is 1.23. The van der Waals surface area contributed by atoms with Crippen LogP contribution in [0.2, 0.25) is 5.02 Å². The van der Waals surface area contributed by atoms with E-state index in [1.165, 1.54) is 56.9 Å². The molecule has 0 amide bonds. The van der Waals surface area contributed by atoms with Gasteiger partial charge in [0, 0.05) is 18.4 Å². The number of pyridine rings is 1. The fourth-order valence-corrected chi connectivity index (χ4v) is 3.62. The molecule has 3 heteroatoms. The molecule has 0 spiro atoms. The minimum atomic E-state index is 0.549. The maximum absolute atomic E-state index is 6.28. The minimum absolute atomic E-state index is 0.549. The molecular formula is C18H29ClN2. The van der Waals surface area contributed by atoms with E-state index in [2.05, 4.69) is 23.3 Å². The second kappa shape index (κ2) is 9.42. The van der Waals surface area contributed by atoms with Gasteiger partial charge in [0.25, 0.3) is 0 Å². The molecule has 1 atom stereocenters. The third-order valence-electron chi connectivity index (χ3n) is 4.60. The first-order valence-corrected chi connectivity index (χ1v) is 8.99. The lowest BCUT2D eigenvalue weighted by atomic mass is 9.90. The van der Waals surface area contributed by atoms with Gasteiger partial charge in [-0.05, 0) is 43.4 Å². The van der Waals surface area contributed by atoms with E-state index in [0.29, 0.717) is 6.04 Å². The van der Waals surface area contributed by atoms with E-state index in [1.54, 1.807) is 6.20 Å². The Morgan fingerprint density at radius 2 is 2.05 bits per heavy atom. The lowest BCUT2D eigenvalue weighted by Crippen LogP contribution is -2.34. The molecule has 1 aromatic rings. The summed E-state index contributed by atoms with van der Waals surface area (Å²) >= 11 is 6.28. The highest BCUT2D eigenvalue weighted by Gasteiger charge is 2.19. The van der Waals surface area contributed by atoms with Gasteiger partial charge in [-0.25, -0.2) is 0 Å². The number of nitrogens with one attached hydrogen (secondary N) is 1. The Kier molecular flexibility index (Phi) is 7.52. The van der Waals surface area contributed by atoms with E-state index in [0.717, 1.165) is 23.9 Å². The van der Waals surface area contributed by atoms with Gasteiger partial charge >= 0.3 is 0 Å². The van der Waals surface area contributed by atoms with Crippen LogP contribution in [-0.4, -0.2) is 17.6 Å². The zero-order valence-corrected chi connectivity index (χ0v) is 14.0. The van der Waals surface area contributed by atoms with Crippen molar-refractivity contribution in [3.8, 4) is 0 Å². The van der Waals surface area contributed by atoms with E-state index in [9.17, 15) is 0 Å².